The van der Waals surface area contributed by atoms with Crippen molar-refractivity contribution in [2.45, 2.75) is 0 Å². The van der Waals surface area contributed by atoms with Gasteiger partial charge in [0.05, 0.1) is 24.1 Å². The number of hydrogen-bond donors (Lipinski definition) is 0. The molecule has 2 aromatic carbocycles. The highest BCUT2D eigenvalue weighted by molar-refractivity contribution is 6.32. The Hall–Kier alpha value is -2.79. The number of nitrogens with zero attached hydrogens (tertiary/aromatic N) is 3. The van der Waals surface area contributed by atoms with Crippen LogP contribution in [0.2, 0.25) is 5.02 Å². The summed E-state index contributed by atoms with van der Waals surface area (Å²) in [6, 6.07) is 16.9. The van der Waals surface area contributed by atoms with E-state index in [1.54, 1.807) is 41.2 Å². The number of aromatic nitrogens is 2. The second kappa shape index (κ2) is 7.85. The van der Waals surface area contributed by atoms with Gasteiger partial charge in [0.25, 0.3) is 5.91 Å². The molecule has 3 rings (SSSR count). The van der Waals surface area contributed by atoms with Crippen molar-refractivity contribution in [1.82, 2.24) is 14.5 Å². The van der Waals surface area contributed by atoms with Crippen LogP contribution in [0.3, 0.4) is 0 Å². The predicted octanol–water partition coefficient (Wildman–Crippen LogP) is 3.68. The quantitative estimate of drug-likeness (QED) is 0.677. The molecule has 1 aromatic heterocycles. The third kappa shape index (κ3) is 4.00. The maximum Gasteiger partial charge on any atom is 0.272 e. The van der Waals surface area contributed by atoms with E-state index in [-0.39, 0.29) is 5.91 Å². The number of halogens is 1. The third-order valence-electron chi connectivity index (χ3n) is 3.76. The van der Waals surface area contributed by atoms with E-state index in [0.717, 1.165) is 5.69 Å². The highest BCUT2D eigenvalue weighted by Gasteiger charge is 2.17. The van der Waals surface area contributed by atoms with Crippen molar-refractivity contribution < 1.29 is 9.53 Å². The van der Waals surface area contributed by atoms with Gasteiger partial charge in [-0.3, -0.25) is 9.36 Å². The summed E-state index contributed by atoms with van der Waals surface area (Å²) < 4.78 is 7.41. The molecule has 0 atom stereocenters. The molecule has 0 aliphatic heterocycles. The molecular formula is C19H18ClN3O2. The Morgan fingerprint density at radius 3 is 2.64 bits per heavy atom. The van der Waals surface area contributed by atoms with Crippen molar-refractivity contribution in [2.24, 2.45) is 0 Å². The standard InChI is InChI=1S/C19H18ClN3O2/c1-22(11-12-25-18-10-6-5-9-16(18)20)19(24)17-13-21-14-23(17)15-7-3-2-4-8-15/h2-10,13-14H,11-12H2,1H3. The molecular weight excluding hydrogens is 338 g/mol. The number of benzene rings is 2. The van der Waals surface area contributed by atoms with Crippen molar-refractivity contribution in [1.29, 1.82) is 0 Å². The van der Waals surface area contributed by atoms with Crippen molar-refractivity contribution >= 4 is 17.5 Å². The number of imidazole rings is 1. The van der Waals surface area contributed by atoms with E-state index in [0.29, 0.717) is 29.6 Å². The molecule has 1 heterocycles. The molecule has 0 aliphatic carbocycles. The van der Waals surface area contributed by atoms with Gasteiger partial charge in [-0.15, -0.1) is 0 Å². The average Bonchev–Trinajstić information content (AvgIpc) is 3.13. The Morgan fingerprint density at radius 2 is 1.88 bits per heavy atom. The lowest BCUT2D eigenvalue weighted by Crippen LogP contribution is -2.32. The summed E-state index contributed by atoms with van der Waals surface area (Å²) >= 11 is 6.05. The largest absolute Gasteiger partial charge is 0.490 e. The van der Waals surface area contributed by atoms with Crippen molar-refractivity contribution in [3.63, 3.8) is 0 Å². The molecule has 0 bridgehead atoms. The second-order valence-corrected chi connectivity index (χ2v) is 5.90. The van der Waals surface area contributed by atoms with Crippen molar-refractivity contribution in [2.75, 3.05) is 20.2 Å². The first-order chi connectivity index (χ1) is 12.2. The van der Waals surface area contributed by atoms with Crippen molar-refractivity contribution in [3.8, 4) is 11.4 Å². The first-order valence-electron chi connectivity index (χ1n) is 7.87. The molecule has 0 saturated heterocycles. The maximum absolute atomic E-state index is 12.7. The molecule has 0 radical (unpaired) electrons. The molecule has 5 nitrogen and oxygen atoms in total. The second-order valence-electron chi connectivity index (χ2n) is 5.49. The van der Waals surface area contributed by atoms with Crippen LogP contribution < -0.4 is 4.74 Å². The molecule has 3 aromatic rings. The average molecular weight is 356 g/mol. The number of rotatable bonds is 6. The smallest absolute Gasteiger partial charge is 0.272 e. The summed E-state index contributed by atoms with van der Waals surface area (Å²) in [5.74, 6) is 0.489. The minimum absolute atomic E-state index is 0.121. The summed E-state index contributed by atoms with van der Waals surface area (Å²) in [5, 5.41) is 0.554. The number of carbonyl (C=O) groups is 1. The molecule has 128 valence electrons. The number of carbonyl (C=O) groups excluding carboxylic acids is 1. The highest BCUT2D eigenvalue weighted by atomic mass is 35.5. The Kier molecular flexibility index (Phi) is 5.36. The van der Waals surface area contributed by atoms with Gasteiger partial charge in [-0.2, -0.15) is 0 Å². The summed E-state index contributed by atoms with van der Waals surface area (Å²) in [6.07, 6.45) is 3.21. The zero-order chi connectivity index (χ0) is 17.6. The van der Waals surface area contributed by atoms with Gasteiger partial charge in [0.15, 0.2) is 0 Å². The van der Waals surface area contributed by atoms with Crippen LogP contribution in [0.5, 0.6) is 5.75 Å². The number of hydrogen-bond acceptors (Lipinski definition) is 3. The summed E-state index contributed by atoms with van der Waals surface area (Å²) in [4.78, 5) is 18.4. The number of likely N-dealkylation sites (N-methyl/N-ethyl adjacent to an activating group) is 1. The molecule has 0 saturated carbocycles. The Morgan fingerprint density at radius 1 is 1.16 bits per heavy atom. The van der Waals surface area contributed by atoms with Gasteiger partial charge in [-0.1, -0.05) is 41.9 Å². The first kappa shape index (κ1) is 17.0. The van der Waals surface area contributed by atoms with Gasteiger partial charge >= 0.3 is 0 Å². The van der Waals surface area contributed by atoms with Gasteiger partial charge < -0.3 is 9.64 Å². The van der Waals surface area contributed by atoms with Crippen LogP contribution in [0.15, 0.2) is 67.1 Å². The number of para-hydroxylation sites is 2. The maximum atomic E-state index is 12.7. The van der Waals surface area contributed by atoms with Crippen LogP contribution in [0, 0.1) is 0 Å². The van der Waals surface area contributed by atoms with E-state index in [2.05, 4.69) is 4.98 Å². The van der Waals surface area contributed by atoms with E-state index in [4.69, 9.17) is 16.3 Å². The van der Waals surface area contributed by atoms with E-state index in [1.807, 2.05) is 42.5 Å². The van der Waals surface area contributed by atoms with Crippen LogP contribution in [0.4, 0.5) is 0 Å². The summed E-state index contributed by atoms with van der Waals surface area (Å²) in [7, 11) is 1.74. The molecule has 0 fully saturated rings. The zero-order valence-corrected chi connectivity index (χ0v) is 14.6. The summed E-state index contributed by atoms with van der Waals surface area (Å²) in [5.41, 5.74) is 1.40. The van der Waals surface area contributed by atoms with Crippen LogP contribution in [-0.4, -0.2) is 40.6 Å². The number of amides is 1. The van der Waals surface area contributed by atoms with Gasteiger partial charge in [0, 0.05) is 12.7 Å². The fourth-order valence-corrected chi connectivity index (χ4v) is 2.59. The first-order valence-corrected chi connectivity index (χ1v) is 8.25. The van der Waals surface area contributed by atoms with E-state index < -0.39 is 0 Å². The highest BCUT2D eigenvalue weighted by Crippen LogP contribution is 2.23. The molecule has 0 unspecified atom stereocenters. The van der Waals surface area contributed by atoms with Crippen molar-refractivity contribution in [3.05, 3.63) is 77.8 Å². The fraction of sp³-hybridized carbons (Fsp3) is 0.158. The minimum Gasteiger partial charge on any atom is -0.490 e. The van der Waals surface area contributed by atoms with Crippen LogP contribution >= 0.6 is 11.6 Å². The molecule has 1 amide bonds. The van der Waals surface area contributed by atoms with Crippen LogP contribution in [0.1, 0.15) is 10.5 Å². The van der Waals surface area contributed by atoms with Gasteiger partial charge in [0.2, 0.25) is 0 Å². The SMILES string of the molecule is CN(CCOc1ccccc1Cl)C(=O)c1cncn1-c1ccccc1. The molecule has 0 aliphatic rings. The summed E-state index contributed by atoms with van der Waals surface area (Å²) in [6.45, 7) is 0.787. The molecule has 0 spiro atoms. The molecule has 0 N–H and O–H groups in total. The monoisotopic (exact) mass is 355 g/mol. The fourth-order valence-electron chi connectivity index (χ4n) is 2.40. The van der Waals surface area contributed by atoms with Gasteiger partial charge in [-0.25, -0.2) is 4.98 Å². The third-order valence-corrected chi connectivity index (χ3v) is 4.07. The normalized spacial score (nSPS) is 10.5. The van der Waals surface area contributed by atoms with Crippen LogP contribution in [-0.2, 0) is 0 Å². The Bertz CT molecular complexity index is 849. The minimum atomic E-state index is -0.121. The number of ether oxygens (including phenoxy) is 1. The van der Waals surface area contributed by atoms with E-state index >= 15 is 0 Å². The molecule has 6 heteroatoms. The lowest BCUT2D eigenvalue weighted by Gasteiger charge is -2.18. The topological polar surface area (TPSA) is 47.4 Å². The van der Waals surface area contributed by atoms with Crippen LogP contribution in [0.25, 0.3) is 5.69 Å². The van der Waals surface area contributed by atoms with Gasteiger partial charge in [-0.05, 0) is 24.3 Å². The lowest BCUT2D eigenvalue weighted by molar-refractivity contribution is 0.0766. The zero-order valence-electron chi connectivity index (χ0n) is 13.8. The van der Waals surface area contributed by atoms with E-state index in [1.165, 1.54) is 0 Å². The predicted molar refractivity (Wildman–Crippen MR) is 97.5 cm³/mol. The molecule has 25 heavy (non-hydrogen) atoms. The Labute approximate surface area is 151 Å². The lowest BCUT2D eigenvalue weighted by atomic mass is 10.3. The van der Waals surface area contributed by atoms with E-state index in [9.17, 15) is 4.79 Å². The van der Waals surface area contributed by atoms with Gasteiger partial charge in [0.1, 0.15) is 18.1 Å². The Balaban J connectivity index is 1.64.